The Morgan fingerprint density at radius 1 is 0.577 bits per heavy atom. The Labute approximate surface area is 155 Å². The van der Waals surface area contributed by atoms with Gasteiger partial charge in [-0.15, -0.1) is 0 Å². The van der Waals surface area contributed by atoms with E-state index in [4.69, 9.17) is 0 Å². The molecule has 0 unspecified atom stereocenters. The predicted molar refractivity (Wildman–Crippen MR) is 93.7 cm³/mol. The van der Waals surface area contributed by atoms with E-state index in [-0.39, 0.29) is 24.4 Å². The lowest BCUT2D eigenvalue weighted by atomic mass is 10.2. The zero-order chi connectivity index (χ0) is 20.2. The third-order valence-electron chi connectivity index (χ3n) is 2.62. The van der Waals surface area contributed by atoms with Crippen molar-refractivity contribution in [1.82, 2.24) is 0 Å². The van der Waals surface area contributed by atoms with Crippen molar-refractivity contribution in [3.05, 3.63) is 0 Å². The van der Waals surface area contributed by atoms with Crippen LogP contribution in [0.5, 0.6) is 0 Å². The van der Waals surface area contributed by atoms with Crippen molar-refractivity contribution >= 4 is 23.5 Å². The van der Waals surface area contributed by atoms with Gasteiger partial charge in [-0.05, 0) is 25.7 Å². The van der Waals surface area contributed by atoms with Crippen LogP contribution in [0, 0.1) is 0 Å². The fraction of sp³-hybridized carbons (Fsp3) is 0.778. The van der Waals surface area contributed by atoms with E-state index in [0.29, 0.717) is 26.1 Å². The van der Waals surface area contributed by atoms with Crippen LogP contribution in [0.3, 0.4) is 0 Å². The van der Waals surface area contributed by atoms with E-state index in [1.807, 2.05) is 27.7 Å². The average Bonchev–Trinajstić information content (AvgIpc) is 2.56. The molecule has 26 heavy (non-hydrogen) atoms. The molecule has 0 saturated heterocycles. The molecular formula is C18H32O8. The molecule has 0 rings (SSSR count). The highest BCUT2D eigenvalue weighted by Crippen LogP contribution is 1.98. The molecule has 0 fully saturated rings. The Kier molecular flexibility index (Phi) is 19.8. The van der Waals surface area contributed by atoms with Crippen molar-refractivity contribution in [2.75, 3.05) is 13.2 Å². The van der Waals surface area contributed by atoms with Crippen LogP contribution in [0.1, 0.15) is 79.1 Å². The van der Waals surface area contributed by atoms with E-state index in [2.05, 4.69) is 19.6 Å². The van der Waals surface area contributed by atoms with E-state index >= 15 is 0 Å². The third-order valence-corrected chi connectivity index (χ3v) is 2.62. The number of hydrogen-bond donors (Lipinski definition) is 0. The molecule has 0 aliphatic rings. The van der Waals surface area contributed by atoms with Crippen molar-refractivity contribution in [3.8, 4) is 0 Å². The fourth-order valence-electron chi connectivity index (χ4n) is 1.50. The fourth-order valence-corrected chi connectivity index (χ4v) is 1.50. The van der Waals surface area contributed by atoms with E-state index in [9.17, 15) is 19.2 Å². The Morgan fingerprint density at radius 2 is 0.923 bits per heavy atom. The summed E-state index contributed by atoms with van der Waals surface area (Å²) in [6.45, 7) is 8.31. The molecule has 0 radical (unpaired) electrons. The summed E-state index contributed by atoms with van der Waals surface area (Å²) in [5, 5.41) is 0. The summed E-state index contributed by atoms with van der Waals surface area (Å²) in [5.41, 5.74) is 0. The second-order valence-corrected chi connectivity index (χ2v) is 5.49. The quantitative estimate of drug-likeness (QED) is 0.197. The molecule has 8 nitrogen and oxygen atoms in total. The second-order valence-electron chi connectivity index (χ2n) is 5.49. The maximum Gasteiger partial charge on any atom is 0.349 e. The normalized spacial score (nSPS) is 9.69. The number of hydrogen-bond acceptors (Lipinski definition) is 8. The van der Waals surface area contributed by atoms with Gasteiger partial charge in [0.2, 0.25) is 0 Å². The maximum absolute atomic E-state index is 10.9. The van der Waals surface area contributed by atoms with Crippen LogP contribution in [-0.2, 0) is 38.7 Å². The Hall–Kier alpha value is -1.80. The first-order valence-corrected chi connectivity index (χ1v) is 9.09. The molecule has 0 aromatic carbocycles. The maximum atomic E-state index is 10.9. The number of carbonyl (C=O) groups excluding carboxylic acids is 4. The standard InChI is InChI=1S/2C9H16O4/c2*1-3-5-8(10)7-9(11)13-12-6-4-2/h2*3-7H2,1-2H3. The van der Waals surface area contributed by atoms with Crippen LogP contribution >= 0.6 is 0 Å². The zero-order valence-corrected chi connectivity index (χ0v) is 16.3. The van der Waals surface area contributed by atoms with Gasteiger partial charge in [0, 0.05) is 12.8 Å². The van der Waals surface area contributed by atoms with Crippen LogP contribution in [-0.4, -0.2) is 36.7 Å². The summed E-state index contributed by atoms with van der Waals surface area (Å²) in [7, 11) is 0. The SMILES string of the molecule is CCCOOC(=O)CC(=O)CCC.CCCOOC(=O)CC(=O)CCC. The molecule has 0 N–H and O–H groups in total. The van der Waals surface area contributed by atoms with Crippen LogP contribution in [0.4, 0.5) is 0 Å². The lowest BCUT2D eigenvalue weighted by molar-refractivity contribution is -0.271. The largest absolute Gasteiger partial charge is 0.349 e. The number of carbonyl (C=O) groups is 4. The monoisotopic (exact) mass is 376 g/mol. The van der Waals surface area contributed by atoms with Gasteiger partial charge in [0.25, 0.3) is 0 Å². The number of ketones is 2. The van der Waals surface area contributed by atoms with Crippen molar-refractivity contribution in [2.24, 2.45) is 0 Å². The first-order valence-electron chi connectivity index (χ1n) is 9.09. The van der Waals surface area contributed by atoms with Crippen LogP contribution in [0.2, 0.25) is 0 Å². The lowest BCUT2D eigenvalue weighted by Crippen LogP contribution is -2.11. The average molecular weight is 376 g/mol. The summed E-state index contributed by atoms with van der Waals surface area (Å²) in [4.78, 5) is 61.3. The third kappa shape index (κ3) is 20.2. The van der Waals surface area contributed by atoms with Gasteiger partial charge >= 0.3 is 11.9 Å². The Bertz CT molecular complexity index is 368. The molecule has 0 spiro atoms. The highest BCUT2D eigenvalue weighted by atomic mass is 17.2. The van der Waals surface area contributed by atoms with Crippen LogP contribution < -0.4 is 0 Å². The second kappa shape index (κ2) is 19.5. The molecule has 0 aliphatic carbocycles. The summed E-state index contributed by atoms with van der Waals surface area (Å²) in [6, 6.07) is 0. The minimum Gasteiger partial charge on any atom is -0.299 e. The van der Waals surface area contributed by atoms with Crippen molar-refractivity contribution in [1.29, 1.82) is 0 Å². The summed E-state index contributed by atoms with van der Waals surface area (Å²) < 4.78 is 0. The van der Waals surface area contributed by atoms with Crippen molar-refractivity contribution in [2.45, 2.75) is 79.1 Å². The summed E-state index contributed by atoms with van der Waals surface area (Å²) >= 11 is 0. The van der Waals surface area contributed by atoms with Crippen LogP contribution in [0.25, 0.3) is 0 Å². The molecule has 8 heteroatoms. The molecule has 0 heterocycles. The lowest BCUT2D eigenvalue weighted by Gasteiger charge is -2.00. The van der Waals surface area contributed by atoms with Gasteiger partial charge in [-0.25, -0.2) is 9.59 Å². The van der Waals surface area contributed by atoms with Crippen molar-refractivity contribution in [3.63, 3.8) is 0 Å². The Morgan fingerprint density at radius 3 is 1.19 bits per heavy atom. The Balaban J connectivity index is 0. The minimum absolute atomic E-state index is 0.104. The number of rotatable bonds is 14. The summed E-state index contributed by atoms with van der Waals surface area (Å²) in [6.07, 6.45) is 3.52. The van der Waals surface area contributed by atoms with E-state index < -0.39 is 11.9 Å². The minimum atomic E-state index is -0.605. The van der Waals surface area contributed by atoms with E-state index in [1.165, 1.54) is 0 Å². The number of Topliss-reactive ketones (excluding diaryl/α,β-unsaturated/α-hetero) is 2. The first-order chi connectivity index (χ1) is 12.4. The molecule has 0 aromatic heterocycles. The molecule has 0 atom stereocenters. The zero-order valence-electron chi connectivity index (χ0n) is 16.3. The van der Waals surface area contributed by atoms with Gasteiger partial charge in [-0.2, -0.15) is 9.78 Å². The van der Waals surface area contributed by atoms with Gasteiger partial charge in [0.1, 0.15) is 24.4 Å². The summed E-state index contributed by atoms with van der Waals surface area (Å²) in [5.74, 6) is -1.42. The van der Waals surface area contributed by atoms with Crippen LogP contribution in [0.15, 0.2) is 0 Å². The predicted octanol–water partition coefficient (Wildman–Crippen LogP) is 3.26. The van der Waals surface area contributed by atoms with Gasteiger partial charge in [0.05, 0.1) is 13.2 Å². The first kappa shape index (κ1) is 26.4. The van der Waals surface area contributed by atoms with Gasteiger partial charge in [-0.3, -0.25) is 19.4 Å². The van der Waals surface area contributed by atoms with Gasteiger partial charge in [0.15, 0.2) is 0 Å². The molecule has 0 aromatic rings. The molecule has 152 valence electrons. The molecule has 0 aliphatic heterocycles. The van der Waals surface area contributed by atoms with Crippen molar-refractivity contribution < 1.29 is 38.7 Å². The van der Waals surface area contributed by atoms with E-state index in [1.54, 1.807) is 0 Å². The van der Waals surface area contributed by atoms with Gasteiger partial charge < -0.3 is 0 Å². The van der Waals surface area contributed by atoms with Gasteiger partial charge in [-0.1, -0.05) is 27.7 Å². The topological polar surface area (TPSA) is 105 Å². The molecule has 0 saturated carbocycles. The molecular weight excluding hydrogens is 344 g/mol. The highest BCUT2D eigenvalue weighted by molar-refractivity contribution is 5.95. The molecule has 0 amide bonds. The van der Waals surface area contributed by atoms with E-state index in [0.717, 1.165) is 25.7 Å². The highest BCUT2D eigenvalue weighted by Gasteiger charge is 2.11. The smallest absolute Gasteiger partial charge is 0.299 e. The molecule has 0 bridgehead atoms.